The molecule has 1 heterocycles. The van der Waals surface area contributed by atoms with Crippen LogP contribution in [0.5, 0.6) is 11.5 Å². The topological polar surface area (TPSA) is 100 Å². The van der Waals surface area contributed by atoms with Gasteiger partial charge in [0.2, 0.25) is 0 Å². The van der Waals surface area contributed by atoms with E-state index in [1.54, 1.807) is 20.3 Å². The number of hydrogen-bond acceptors (Lipinski definition) is 7. The van der Waals surface area contributed by atoms with Crippen molar-refractivity contribution in [2.75, 3.05) is 27.4 Å². The number of benzene rings is 1. The van der Waals surface area contributed by atoms with Gasteiger partial charge in [-0.05, 0) is 42.4 Å². The molecule has 4 unspecified atom stereocenters. The fraction of sp³-hybridized carbons (Fsp3) is 0.741. The van der Waals surface area contributed by atoms with Crippen LogP contribution in [-0.2, 0) is 14.3 Å². The molecule has 0 saturated carbocycles. The molecule has 34 heavy (non-hydrogen) atoms. The fourth-order valence-electron chi connectivity index (χ4n) is 3.70. The third-order valence-electron chi connectivity index (χ3n) is 5.48. The highest BCUT2D eigenvalue weighted by atomic mass is 16.6. The molecule has 1 aromatic carbocycles. The van der Waals surface area contributed by atoms with E-state index in [9.17, 15) is 9.90 Å². The lowest BCUT2D eigenvalue weighted by Gasteiger charge is -2.31. The molecular formula is C27H49NO6. The molecule has 2 rings (SSSR count). The zero-order valence-corrected chi connectivity index (χ0v) is 22.6. The van der Waals surface area contributed by atoms with Crippen molar-refractivity contribution in [2.24, 2.45) is 17.6 Å². The van der Waals surface area contributed by atoms with Gasteiger partial charge >= 0.3 is 5.97 Å². The number of rotatable bonds is 12. The number of carbonyl (C=O) groups excluding carboxylic acids is 1. The molecular weight excluding hydrogens is 434 g/mol. The Labute approximate surface area is 207 Å². The molecule has 1 fully saturated rings. The first-order valence-corrected chi connectivity index (χ1v) is 12.7. The van der Waals surface area contributed by atoms with Gasteiger partial charge in [-0.2, -0.15) is 0 Å². The average molecular weight is 484 g/mol. The minimum atomic E-state index is -0.717. The number of cyclic esters (lactones) is 1. The van der Waals surface area contributed by atoms with Crippen LogP contribution in [0.2, 0.25) is 0 Å². The van der Waals surface area contributed by atoms with Gasteiger partial charge in [-0.1, -0.05) is 54.0 Å². The van der Waals surface area contributed by atoms with Crippen molar-refractivity contribution >= 4 is 5.97 Å². The summed E-state index contributed by atoms with van der Waals surface area (Å²) in [5, 5.41) is 11.1. The Bertz CT molecular complexity index is 667. The molecule has 1 aliphatic rings. The highest BCUT2D eigenvalue weighted by molar-refractivity contribution is 5.71. The first kappa shape index (κ1) is 32.2. The number of esters is 1. The van der Waals surface area contributed by atoms with Crippen molar-refractivity contribution in [1.29, 1.82) is 0 Å². The van der Waals surface area contributed by atoms with Gasteiger partial charge in [0.05, 0.1) is 19.8 Å². The largest absolute Gasteiger partial charge is 0.493 e. The molecule has 0 bridgehead atoms. The van der Waals surface area contributed by atoms with E-state index in [0.29, 0.717) is 44.0 Å². The molecule has 0 radical (unpaired) electrons. The standard InChI is InChI=1S/C22H35NO6.C3H8.C2H6/c1-14(2)16(13-17(23)18-8-9-21(24)29-18)22(25)15-6-7-19(27-4)20(12-15)28-11-5-10-26-3;1-3-2;1-2/h6-7,12,14,16-18,22,25H,5,8-11,13,23H2,1-4H3;3H2,1-2H3;1-2H3. The first-order valence-electron chi connectivity index (χ1n) is 12.7. The molecule has 0 spiro atoms. The van der Waals surface area contributed by atoms with Crippen LogP contribution < -0.4 is 15.2 Å². The van der Waals surface area contributed by atoms with Gasteiger partial charge in [0.1, 0.15) is 6.10 Å². The molecule has 1 saturated heterocycles. The predicted molar refractivity (Wildman–Crippen MR) is 137 cm³/mol. The second-order valence-corrected chi connectivity index (χ2v) is 8.63. The summed E-state index contributed by atoms with van der Waals surface area (Å²) in [6.07, 6.45) is 2.64. The molecule has 0 aromatic heterocycles. The molecule has 0 aliphatic carbocycles. The molecule has 0 amide bonds. The van der Waals surface area contributed by atoms with Crippen LogP contribution in [0.25, 0.3) is 0 Å². The van der Waals surface area contributed by atoms with Gasteiger partial charge in [0.15, 0.2) is 11.5 Å². The first-order chi connectivity index (χ1) is 16.3. The lowest BCUT2D eigenvalue weighted by atomic mass is 9.81. The molecule has 7 heteroatoms. The quantitative estimate of drug-likeness (QED) is 0.308. The minimum absolute atomic E-state index is 0.0842. The summed E-state index contributed by atoms with van der Waals surface area (Å²) < 4.78 is 21.6. The van der Waals surface area contributed by atoms with Crippen molar-refractivity contribution in [3.63, 3.8) is 0 Å². The van der Waals surface area contributed by atoms with Crippen LogP contribution in [0.15, 0.2) is 18.2 Å². The SMILES string of the molecule is CC.CCC.COCCCOc1cc(C(O)C(CC(N)C2CCC(=O)O2)C(C)C)ccc1OC. The Balaban J connectivity index is 0.00000201. The predicted octanol–water partition coefficient (Wildman–Crippen LogP) is 5.28. The second kappa shape index (κ2) is 18.5. The van der Waals surface area contributed by atoms with Crippen molar-refractivity contribution in [1.82, 2.24) is 0 Å². The van der Waals surface area contributed by atoms with Crippen LogP contribution >= 0.6 is 0 Å². The van der Waals surface area contributed by atoms with Gasteiger partial charge in [0, 0.05) is 32.6 Å². The van der Waals surface area contributed by atoms with Gasteiger partial charge < -0.3 is 29.8 Å². The normalized spacial score (nSPS) is 17.5. The smallest absolute Gasteiger partial charge is 0.306 e. The Morgan fingerprint density at radius 1 is 1.15 bits per heavy atom. The maximum absolute atomic E-state index is 11.4. The summed E-state index contributed by atoms with van der Waals surface area (Å²) in [6.45, 7) is 13.5. The lowest BCUT2D eigenvalue weighted by Crippen LogP contribution is -2.38. The molecule has 4 atom stereocenters. The number of methoxy groups -OCH3 is 2. The van der Waals surface area contributed by atoms with Crippen LogP contribution in [0, 0.1) is 11.8 Å². The second-order valence-electron chi connectivity index (χ2n) is 8.63. The highest BCUT2D eigenvalue weighted by Crippen LogP contribution is 2.37. The molecule has 7 nitrogen and oxygen atoms in total. The summed E-state index contributed by atoms with van der Waals surface area (Å²) in [5.74, 6) is 1.13. The molecule has 3 N–H and O–H groups in total. The summed E-state index contributed by atoms with van der Waals surface area (Å²) in [7, 11) is 3.24. The average Bonchev–Trinajstić information content (AvgIpc) is 3.27. The fourth-order valence-corrected chi connectivity index (χ4v) is 3.70. The number of carbonyl (C=O) groups is 1. The Hall–Kier alpha value is -1.83. The van der Waals surface area contributed by atoms with Gasteiger partial charge in [-0.15, -0.1) is 0 Å². The number of hydrogen-bond donors (Lipinski definition) is 2. The third kappa shape index (κ3) is 11.1. The van der Waals surface area contributed by atoms with Crippen molar-refractivity contribution in [2.45, 2.75) is 91.9 Å². The van der Waals surface area contributed by atoms with E-state index in [0.717, 1.165) is 12.0 Å². The van der Waals surface area contributed by atoms with E-state index in [1.807, 2.05) is 26.0 Å². The summed E-state index contributed by atoms with van der Waals surface area (Å²) in [4.78, 5) is 11.4. The van der Waals surface area contributed by atoms with E-state index in [1.165, 1.54) is 6.42 Å². The number of ether oxygens (including phenoxy) is 4. The van der Waals surface area contributed by atoms with Crippen LogP contribution in [-0.4, -0.2) is 50.7 Å². The zero-order valence-electron chi connectivity index (χ0n) is 22.6. The molecule has 1 aliphatic heterocycles. The van der Waals surface area contributed by atoms with Crippen LogP contribution in [0.3, 0.4) is 0 Å². The number of aliphatic hydroxyl groups is 1. The van der Waals surface area contributed by atoms with Gasteiger partial charge in [0.25, 0.3) is 0 Å². The Morgan fingerprint density at radius 3 is 2.29 bits per heavy atom. The van der Waals surface area contributed by atoms with Crippen LogP contribution in [0.4, 0.5) is 0 Å². The molecule has 1 aromatic rings. The van der Waals surface area contributed by atoms with Crippen molar-refractivity contribution < 1.29 is 28.8 Å². The molecule has 198 valence electrons. The lowest BCUT2D eigenvalue weighted by molar-refractivity contribution is -0.142. The van der Waals surface area contributed by atoms with Gasteiger partial charge in [-0.3, -0.25) is 4.79 Å². The minimum Gasteiger partial charge on any atom is -0.493 e. The van der Waals surface area contributed by atoms with E-state index in [2.05, 4.69) is 27.7 Å². The van der Waals surface area contributed by atoms with Crippen molar-refractivity contribution in [3.8, 4) is 11.5 Å². The summed E-state index contributed by atoms with van der Waals surface area (Å²) in [6, 6.07) is 5.18. The summed E-state index contributed by atoms with van der Waals surface area (Å²) >= 11 is 0. The van der Waals surface area contributed by atoms with E-state index >= 15 is 0 Å². The zero-order chi connectivity index (χ0) is 26.1. The third-order valence-corrected chi connectivity index (χ3v) is 5.48. The Kier molecular flexibility index (Phi) is 17.5. The number of aliphatic hydroxyl groups excluding tert-OH is 1. The van der Waals surface area contributed by atoms with Gasteiger partial charge in [-0.25, -0.2) is 0 Å². The van der Waals surface area contributed by atoms with Crippen molar-refractivity contribution in [3.05, 3.63) is 23.8 Å². The highest BCUT2D eigenvalue weighted by Gasteiger charge is 2.34. The maximum atomic E-state index is 11.4. The summed E-state index contributed by atoms with van der Waals surface area (Å²) in [5.41, 5.74) is 7.07. The van der Waals surface area contributed by atoms with E-state index in [-0.39, 0.29) is 30.0 Å². The monoisotopic (exact) mass is 483 g/mol. The van der Waals surface area contributed by atoms with Crippen LogP contribution in [0.1, 0.15) is 85.3 Å². The Morgan fingerprint density at radius 2 is 1.79 bits per heavy atom. The van der Waals surface area contributed by atoms with E-state index in [4.69, 9.17) is 24.7 Å². The van der Waals surface area contributed by atoms with E-state index < -0.39 is 6.10 Å². The maximum Gasteiger partial charge on any atom is 0.306 e. The number of nitrogens with two attached hydrogens (primary N) is 1.